The van der Waals surface area contributed by atoms with Crippen LogP contribution in [-0.2, 0) is 5.41 Å². The molecule has 0 amide bonds. The van der Waals surface area contributed by atoms with Gasteiger partial charge in [-0.3, -0.25) is 0 Å². The van der Waals surface area contributed by atoms with Crippen LogP contribution in [0.5, 0.6) is 0 Å². The third kappa shape index (κ3) is 4.02. The molecule has 0 fully saturated rings. The fourth-order valence-electron chi connectivity index (χ4n) is 1.73. The first-order chi connectivity index (χ1) is 8.15. The second kappa shape index (κ2) is 5.31. The minimum Gasteiger partial charge on any atom is -0.383 e. The van der Waals surface area contributed by atoms with Gasteiger partial charge in [0.1, 0.15) is 0 Å². The van der Waals surface area contributed by atoms with E-state index < -0.39 is 0 Å². The molecule has 0 bridgehead atoms. The summed E-state index contributed by atoms with van der Waals surface area (Å²) in [5, 5.41) is 6.82. The van der Waals surface area contributed by atoms with Crippen molar-refractivity contribution in [2.24, 2.45) is 0 Å². The Balaban J connectivity index is 2.81. The summed E-state index contributed by atoms with van der Waals surface area (Å²) in [5.41, 5.74) is 4.25. The Labute approximate surface area is 112 Å². The first kappa shape index (κ1) is 15.0. The lowest BCUT2D eigenvalue weighted by Gasteiger charge is -2.26. The highest BCUT2D eigenvalue weighted by molar-refractivity contribution is 5.53. The third-order valence-corrected chi connectivity index (χ3v) is 3.49. The molecule has 0 heterocycles. The van der Waals surface area contributed by atoms with Crippen molar-refractivity contribution in [3.05, 3.63) is 29.3 Å². The van der Waals surface area contributed by atoms with Crippen molar-refractivity contribution < 1.29 is 0 Å². The van der Waals surface area contributed by atoms with E-state index in [2.05, 4.69) is 70.4 Å². The standard InChI is InChI=1S/C16H28N2/c1-12-10-13(15(2,3)4)8-9-14(12)18-11-16(5,6)17-7/h8-10,17-18H,11H2,1-7H3. The third-order valence-electron chi connectivity index (χ3n) is 3.49. The number of hydrogen-bond acceptors (Lipinski definition) is 2. The fourth-order valence-corrected chi connectivity index (χ4v) is 1.73. The Hall–Kier alpha value is -1.02. The van der Waals surface area contributed by atoms with Crippen LogP contribution in [0.3, 0.4) is 0 Å². The number of nitrogens with one attached hydrogen (secondary N) is 2. The lowest BCUT2D eigenvalue weighted by Crippen LogP contribution is -2.42. The molecule has 0 saturated heterocycles. The van der Waals surface area contributed by atoms with E-state index >= 15 is 0 Å². The molecule has 0 aromatic heterocycles. The highest BCUT2D eigenvalue weighted by Crippen LogP contribution is 2.26. The summed E-state index contributed by atoms with van der Waals surface area (Å²) in [6, 6.07) is 6.71. The van der Waals surface area contributed by atoms with Crippen molar-refractivity contribution in [2.75, 3.05) is 18.9 Å². The fraction of sp³-hybridized carbons (Fsp3) is 0.625. The van der Waals surface area contributed by atoms with E-state index in [1.807, 2.05) is 7.05 Å². The van der Waals surface area contributed by atoms with Gasteiger partial charge in [-0.15, -0.1) is 0 Å². The molecule has 1 aromatic carbocycles. The molecule has 0 aliphatic heterocycles. The predicted octanol–water partition coefficient (Wildman–Crippen LogP) is 3.70. The van der Waals surface area contributed by atoms with Crippen LogP contribution in [0.1, 0.15) is 45.7 Å². The monoisotopic (exact) mass is 248 g/mol. The molecule has 0 saturated carbocycles. The second-order valence-corrected chi connectivity index (χ2v) is 6.77. The van der Waals surface area contributed by atoms with E-state index in [0.29, 0.717) is 0 Å². The molecule has 1 rings (SSSR count). The summed E-state index contributed by atoms with van der Waals surface area (Å²) in [6.45, 7) is 14.2. The summed E-state index contributed by atoms with van der Waals surface area (Å²) >= 11 is 0. The lowest BCUT2D eigenvalue weighted by atomic mass is 9.86. The summed E-state index contributed by atoms with van der Waals surface area (Å²) in [7, 11) is 2.00. The van der Waals surface area contributed by atoms with Crippen LogP contribution in [0.25, 0.3) is 0 Å². The molecular weight excluding hydrogens is 220 g/mol. The van der Waals surface area contributed by atoms with E-state index in [1.165, 1.54) is 16.8 Å². The normalized spacial score (nSPS) is 12.6. The Kier molecular flexibility index (Phi) is 4.44. The zero-order valence-electron chi connectivity index (χ0n) is 12.9. The van der Waals surface area contributed by atoms with Gasteiger partial charge in [-0.05, 0) is 50.4 Å². The van der Waals surface area contributed by atoms with Crippen LogP contribution in [0.2, 0.25) is 0 Å². The smallest absolute Gasteiger partial charge is 0.0370 e. The Bertz CT molecular complexity index is 400. The van der Waals surface area contributed by atoms with Crippen molar-refractivity contribution in [3.8, 4) is 0 Å². The minimum absolute atomic E-state index is 0.106. The van der Waals surface area contributed by atoms with Crippen molar-refractivity contribution in [1.82, 2.24) is 5.32 Å². The molecule has 0 radical (unpaired) electrons. The summed E-state index contributed by atoms with van der Waals surface area (Å²) < 4.78 is 0. The van der Waals surface area contributed by atoms with Crippen LogP contribution in [0, 0.1) is 6.92 Å². The Morgan fingerprint density at radius 3 is 2.11 bits per heavy atom. The zero-order valence-corrected chi connectivity index (χ0v) is 12.9. The van der Waals surface area contributed by atoms with Gasteiger partial charge < -0.3 is 10.6 Å². The number of rotatable bonds is 4. The van der Waals surface area contributed by atoms with Gasteiger partial charge in [-0.25, -0.2) is 0 Å². The van der Waals surface area contributed by atoms with Crippen LogP contribution in [0.4, 0.5) is 5.69 Å². The Morgan fingerprint density at radius 2 is 1.67 bits per heavy atom. The van der Waals surface area contributed by atoms with Crippen molar-refractivity contribution in [2.45, 2.75) is 52.5 Å². The number of likely N-dealkylation sites (N-methyl/N-ethyl adjacent to an activating group) is 1. The summed E-state index contributed by atoms with van der Waals surface area (Å²) in [4.78, 5) is 0. The van der Waals surface area contributed by atoms with Gasteiger partial charge in [0.25, 0.3) is 0 Å². The first-order valence-electron chi connectivity index (χ1n) is 6.70. The van der Waals surface area contributed by atoms with Gasteiger partial charge in [0.05, 0.1) is 0 Å². The van der Waals surface area contributed by atoms with Gasteiger partial charge >= 0.3 is 0 Å². The molecular formula is C16H28N2. The van der Waals surface area contributed by atoms with E-state index in [0.717, 1.165) is 6.54 Å². The SMILES string of the molecule is CNC(C)(C)CNc1ccc(C(C)(C)C)cc1C. The summed E-state index contributed by atoms with van der Waals surface area (Å²) in [6.07, 6.45) is 0. The van der Waals surface area contributed by atoms with Gasteiger partial charge in [0, 0.05) is 17.8 Å². The van der Waals surface area contributed by atoms with E-state index in [-0.39, 0.29) is 11.0 Å². The van der Waals surface area contributed by atoms with Crippen LogP contribution < -0.4 is 10.6 Å². The molecule has 18 heavy (non-hydrogen) atoms. The Morgan fingerprint density at radius 1 is 1.06 bits per heavy atom. The van der Waals surface area contributed by atoms with Crippen LogP contribution in [0.15, 0.2) is 18.2 Å². The van der Waals surface area contributed by atoms with E-state index in [9.17, 15) is 0 Å². The number of anilines is 1. The maximum atomic E-state index is 3.52. The molecule has 102 valence electrons. The topological polar surface area (TPSA) is 24.1 Å². The second-order valence-electron chi connectivity index (χ2n) is 6.77. The molecule has 1 aromatic rings. The van der Waals surface area contributed by atoms with E-state index in [4.69, 9.17) is 0 Å². The van der Waals surface area contributed by atoms with Gasteiger partial charge in [0.15, 0.2) is 0 Å². The molecule has 2 nitrogen and oxygen atoms in total. The molecule has 0 unspecified atom stereocenters. The van der Waals surface area contributed by atoms with Crippen molar-refractivity contribution in [3.63, 3.8) is 0 Å². The van der Waals surface area contributed by atoms with E-state index in [1.54, 1.807) is 0 Å². The quantitative estimate of drug-likeness (QED) is 0.849. The first-order valence-corrected chi connectivity index (χ1v) is 6.70. The zero-order chi connectivity index (χ0) is 14.0. The molecule has 0 spiro atoms. The number of hydrogen-bond donors (Lipinski definition) is 2. The maximum Gasteiger partial charge on any atom is 0.0370 e. The maximum absolute atomic E-state index is 3.52. The highest BCUT2D eigenvalue weighted by atomic mass is 15.0. The molecule has 2 heteroatoms. The average molecular weight is 248 g/mol. The van der Waals surface area contributed by atoms with Gasteiger partial charge in [0.2, 0.25) is 0 Å². The predicted molar refractivity (Wildman–Crippen MR) is 81.5 cm³/mol. The lowest BCUT2D eigenvalue weighted by molar-refractivity contribution is 0.448. The average Bonchev–Trinajstić information content (AvgIpc) is 2.26. The van der Waals surface area contributed by atoms with Gasteiger partial charge in [-0.2, -0.15) is 0 Å². The molecule has 0 aliphatic carbocycles. The van der Waals surface area contributed by atoms with Crippen LogP contribution in [-0.4, -0.2) is 19.1 Å². The number of aryl methyl sites for hydroxylation is 1. The molecule has 2 N–H and O–H groups in total. The number of benzene rings is 1. The minimum atomic E-state index is 0.106. The molecule has 0 atom stereocenters. The van der Waals surface area contributed by atoms with Crippen LogP contribution >= 0.6 is 0 Å². The largest absolute Gasteiger partial charge is 0.383 e. The summed E-state index contributed by atoms with van der Waals surface area (Å²) in [5.74, 6) is 0. The van der Waals surface area contributed by atoms with Gasteiger partial charge in [-0.1, -0.05) is 32.9 Å². The molecule has 0 aliphatic rings. The highest BCUT2D eigenvalue weighted by Gasteiger charge is 2.16. The van der Waals surface area contributed by atoms with Crippen molar-refractivity contribution >= 4 is 5.69 Å². The van der Waals surface area contributed by atoms with Crippen molar-refractivity contribution in [1.29, 1.82) is 0 Å².